The summed E-state index contributed by atoms with van der Waals surface area (Å²) in [5.74, 6) is -0.227. The van der Waals surface area contributed by atoms with Crippen molar-refractivity contribution in [1.82, 2.24) is 5.32 Å². The van der Waals surface area contributed by atoms with E-state index in [0.717, 1.165) is 32.1 Å². The van der Waals surface area contributed by atoms with Gasteiger partial charge in [-0.3, -0.25) is 9.36 Å². The van der Waals surface area contributed by atoms with Crippen LogP contribution in [0.2, 0.25) is 0 Å². The Hall–Kier alpha value is -1.02. The van der Waals surface area contributed by atoms with Gasteiger partial charge in [-0.1, -0.05) is 109 Å². The van der Waals surface area contributed by atoms with Crippen LogP contribution in [0.4, 0.5) is 0 Å². The van der Waals surface area contributed by atoms with E-state index in [1.807, 2.05) is 27.2 Å². The molecule has 0 rings (SSSR count). The van der Waals surface area contributed by atoms with E-state index < -0.39 is 26.6 Å². The second kappa shape index (κ2) is 23.7. The van der Waals surface area contributed by atoms with Gasteiger partial charge < -0.3 is 28.8 Å². The van der Waals surface area contributed by atoms with Crippen LogP contribution in [0.15, 0.2) is 24.3 Å². The number of allylic oxidation sites excluding steroid dienone is 3. The lowest BCUT2D eigenvalue weighted by Gasteiger charge is -2.29. The zero-order valence-corrected chi connectivity index (χ0v) is 26.5. The maximum Gasteiger partial charge on any atom is 0.268 e. The Morgan fingerprint density at radius 2 is 1.46 bits per heavy atom. The van der Waals surface area contributed by atoms with Crippen LogP contribution in [0, 0.1) is 0 Å². The Bertz CT molecular complexity index is 708. The van der Waals surface area contributed by atoms with Crippen LogP contribution in [0.25, 0.3) is 0 Å². The zero-order chi connectivity index (χ0) is 29.4. The van der Waals surface area contributed by atoms with E-state index >= 15 is 0 Å². The highest BCUT2D eigenvalue weighted by molar-refractivity contribution is 7.45. The van der Waals surface area contributed by atoms with Gasteiger partial charge in [0, 0.05) is 6.42 Å². The topological polar surface area (TPSA) is 108 Å². The molecule has 0 fully saturated rings. The second-order valence-corrected chi connectivity index (χ2v) is 12.9. The van der Waals surface area contributed by atoms with Gasteiger partial charge >= 0.3 is 0 Å². The smallest absolute Gasteiger partial charge is 0.268 e. The third kappa shape index (κ3) is 25.7. The fraction of sp³-hybridized carbons (Fsp3) is 0.833. The lowest BCUT2D eigenvalue weighted by molar-refractivity contribution is -0.870. The van der Waals surface area contributed by atoms with E-state index in [0.29, 0.717) is 17.4 Å². The molecule has 0 saturated heterocycles. The maximum atomic E-state index is 12.5. The third-order valence-corrected chi connectivity index (χ3v) is 7.43. The van der Waals surface area contributed by atoms with E-state index in [2.05, 4.69) is 25.2 Å². The number of carbonyl (C=O) groups is 1. The number of aliphatic hydroxyl groups is 1. The molecule has 0 bridgehead atoms. The summed E-state index contributed by atoms with van der Waals surface area (Å²) in [6.45, 7) is 4.48. The lowest BCUT2D eigenvalue weighted by atomic mass is 10.1. The van der Waals surface area contributed by atoms with Crippen molar-refractivity contribution in [3.63, 3.8) is 0 Å². The zero-order valence-electron chi connectivity index (χ0n) is 25.6. The van der Waals surface area contributed by atoms with E-state index in [4.69, 9.17) is 9.05 Å². The van der Waals surface area contributed by atoms with Gasteiger partial charge in [0.1, 0.15) is 13.2 Å². The minimum atomic E-state index is -4.57. The van der Waals surface area contributed by atoms with Crippen LogP contribution >= 0.6 is 7.82 Å². The summed E-state index contributed by atoms with van der Waals surface area (Å²) in [5.41, 5.74) is 0. The molecule has 2 N–H and O–H groups in total. The average Bonchev–Trinajstić information content (AvgIpc) is 2.86. The predicted molar refractivity (Wildman–Crippen MR) is 159 cm³/mol. The molecule has 39 heavy (non-hydrogen) atoms. The van der Waals surface area contributed by atoms with Gasteiger partial charge in [0.2, 0.25) is 5.91 Å². The van der Waals surface area contributed by atoms with Crippen LogP contribution in [0.5, 0.6) is 0 Å². The number of likely N-dealkylation sites (N-methyl/N-ethyl adjacent to an activating group) is 1. The van der Waals surface area contributed by atoms with Crippen molar-refractivity contribution >= 4 is 13.7 Å². The molecule has 9 heteroatoms. The molecule has 0 aliphatic carbocycles. The van der Waals surface area contributed by atoms with Crippen LogP contribution in [0.1, 0.15) is 110 Å². The molecular formula is C30H59N2O6P. The number of nitrogens with one attached hydrogen (secondary N) is 1. The maximum absolute atomic E-state index is 12.5. The third-order valence-electron chi connectivity index (χ3n) is 6.47. The molecule has 230 valence electrons. The highest BCUT2D eigenvalue weighted by atomic mass is 31.2. The first kappa shape index (κ1) is 38.0. The quantitative estimate of drug-likeness (QED) is 0.0564. The molecule has 0 aromatic heterocycles. The van der Waals surface area contributed by atoms with Gasteiger partial charge in [0.05, 0.1) is 39.9 Å². The number of nitrogens with zero attached hydrogens (tertiary/aromatic N) is 1. The number of carbonyl (C=O) groups excluding carboxylic acids is 1. The average molecular weight is 575 g/mol. The minimum absolute atomic E-state index is 0.00852. The standard InChI is InChI=1S/C30H59N2O6P/c1-6-8-10-12-14-15-16-18-19-21-23-29(33)28(27-38-39(35,36)37-26-25-32(3,4)5)31-30(34)24-22-20-17-13-11-9-7-2/h18-19,21,23,28-29,33H,6-17,20,22,24-27H2,1-5H3,(H-,31,34,35,36)/b19-18+,23-21+/t28-,29+/m0/s1. The molecule has 1 amide bonds. The Balaban J connectivity index is 4.79. The fourth-order valence-corrected chi connectivity index (χ4v) is 4.63. The van der Waals surface area contributed by atoms with Gasteiger partial charge in [-0.15, -0.1) is 0 Å². The van der Waals surface area contributed by atoms with E-state index in [1.165, 1.54) is 57.8 Å². The normalized spacial score (nSPS) is 15.6. The number of hydrogen-bond acceptors (Lipinski definition) is 6. The number of amides is 1. The highest BCUT2D eigenvalue weighted by Gasteiger charge is 2.23. The van der Waals surface area contributed by atoms with Crippen molar-refractivity contribution in [3.05, 3.63) is 24.3 Å². The first-order valence-electron chi connectivity index (χ1n) is 15.2. The molecule has 0 aromatic carbocycles. The minimum Gasteiger partial charge on any atom is -0.756 e. The SMILES string of the molecule is CCCCCCCC/C=C/C=C/[C@@H](O)[C@H](COP(=O)([O-])OCC[N+](C)(C)C)NC(=O)CCCCCCCCC. The van der Waals surface area contributed by atoms with E-state index in [9.17, 15) is 19.4 Å². The molecule has 0 aromatic rings. The number of phosphoric acid groups is 1. The predicted octanol–water partition coefficient (Wildman–Crippen LogP) is 6.04. The summed E-state index contributed by atoms with van der Waals surface area (Å²) in [6.07, 6.45) is 22.5. The summed E-state index contributed by atoms with van der Waals surface area (Å²) in [4.78, 5) is 24.8. The molecule has 3 atom stereocenters. The number of aliphatic hydroxyl groups excluding tert-OH is 1. The van der Waals surface area contributed by atoms with Crippen LogP contribution in [-0.2, 0) is 18.4 Å². The molecule has 0 spiro atoms. The van der Waals surface area contributed by atoms with Crippen molar-refractivity contribution in [2.75, 3.05) is 40.9 Å². The first-order valence-corrected chi connectivity index (χ1v) is 16.7. The van der Waals surface area contributed by atoms with Gasteiger partial charge in [-0.25, -0.2) is 0 Å². The van der Waals surface area contributed by atoms with E-state index in [-0.39, 0.29) is 12.5 Å². The van der Waals surface area contributed by atoms with E-state index in [1.54, 1.807) is 12.2 Å². The lowest BCUT2D eigenvalue weighted by Crippen LogP contribution is -2.45. The molecule has 1 unspecified atom stereocenters. The van der Waals surface area contributed by atoms with Gasteiger partial charge in [0.25, 0.3) is 7.82 Å². The number of hydrogen-bond donors (Lipinski definition) is 2. The number of phosphoric ester groups is 1. The van der Waals surface area contributed by atoms with Gasteiger partial charge in [0.15, 0.2) is 0 Å². The fourth-order valence-electron chi connectivity index (χ4n) is 3.91. The Kier molecular flexibility index (Phi) is 23.0. The Morgan fingerprint density at radius 3 is 2.05 bits per heavy atom. The van der Waals surface area contributed by atoms with Crippen LogP contribution in [0.3, 0.4) is 0 Å². The Labute approximate surface area is 239 Å². The Morgan fingerprint density at radius 1 is 0.897 bits per heavy atom. The van der Waals surface area contributed by atoms with Crippen molar-refractivity contribution in [2.24, 2.45) is 0 Å². The van der Waals surface area contributed by atoms with Crippen molar-refractivity contribution < 1.29 is 32.9 Å². The molecule has 0 aliphatic heterocycles. The monoisotopic (exact) mass is 574 g/mol. The number of unbranched alkanes of at least 4 members (excludes halogenated alkanes) is 12. The molecule has 0 heterocycles. The van der Waals surface area contributed by atoms with Crippen molar-refractivity contribution in [1.29, 1.82) is 0 Å². The summed E-state index contributed by atoms with van der Waals surface area (Å²) < 4.78 is 22.8. The van der Waals surface area contributed by atoms with Crippen LogP contribution in [-0.4, -0.2) is 68.5 Å². The first-order chi connectivity index (χ1) is 18.5. The molecular weight excluding hydrogens is 515 g/mol. The molecule has 0 aliphatic rings. The largest absolute Gasteiger partial charge is 0.756 e. The van der Waals surface area contributed by atoms with Crippen LogP contribution < -0.4 is 10.2 Å². The van der Waals surface area contributed by atoms with Gasteiger partial charge in [-0.2, -0.15) is 0 Å². The summed E-state index contributed by atoms with van der Waals surface area (Å²) in [7, 11) is 1.23. The number of quaternary nitrogens is 1. The second-order valence-electron chi connectivity index (χ2n) is 11.5. The number of rotatable bonds is 26. The summed E-state index contributed by atoms with van der Waals surface area (Å²) in [5, 5.41) is 13.5. The molecule has 0 radical (unpaired) electrons. The highest BCUT2D eigenvalue weighted by Crippen LogP contribution is 2.38. The van der Waals surface area contributed by atoms with Gasteiger partial charge in [-0.05, 0) is 19.3 Å². The van der Waals surface area contributed by atoms with Crippen molar-refractivity contribution in [3.8, 4) is 0 Å². The summed E-state index contributed by atoms with van der Waals surface area (Å²) in [6, 6.07) is -0.908. The molecule has 0 saturated carbocycles. The van der Waals surface area contributed by atoms with Crippen molar-refractivity contribution in [2.45, 2.75) is 122 Å². The molecule has 8 nitrogen and oxygen atoms in total. The summed E-state index contributed by atoms with van der Waals surface area (Å²) >= 11 is 0.